The van der Waals surface area contributed by atoms with E-state index < -0.39 is 11.4 Å². The van der Waals surface area contributed by atoms with Crippen LogP contribution in [0.4, 0.5) is 0 Å². The van der Waals surface area contributed by atoms with Crippen LogP contribution in [0, 0.1) is 17.8 Å². The van der Waals surface area contributed by atoms with E-state index >= 15 is 0 Å². The number of hydrogen-bond acceptors (Lipinski definition) is 2. The minimum absolute atomic E-state index is 0.145. The van der Waals surface area contributed by atoms with Crippen LogP contribution in [0.25, 0.3) is 11.0 Å². The van der Waals surface area contributed by atoms with Gasteiger partial charge in [-0.2, -0.15) is 0 Å². The number of fused-ring (bicyclic) bond motifs is 1. The number of carboxylic acid groups (broad SMARTS) is 1. The average molecular weight is 286 g/mol. The molecule has 1 aromatic carbocycles. The Morgan fingerprint density at radius 2 is 2.10 bits per heavy atom. The van der Waals surface area contributed by atoms with Crippen LogP contribution in [-0.4, -0.2) is 21.0 Å². The van der Waals surface area contributed by atoms with E-state index in [1.165, 1.54) is 5.56 Å². The zero-order valence-corrected chi connectivity index (χ0v) is 13.0. The maximum absolute atomic E-state index is 11.7. The highest BCUT2D eigenvalue weighted by Crippen LogP contribution is 2.59. The number of nitrogens with zero attached hydrogens (tertiary/aromatic N) is 1. The number of aliphatic carboxylic acids is 1. The van der Waals surface area contributed by atoms with Crippen LogP contribution >= 0.6 is 0 Å². The molecule has 4 heteroatoms. The van der Waals surface area contributed by atoms with Gasteiger partial charge in [0, 0.05) is 5.92 Å². The molecular formula is C17H22N2O2. The van der Waals surface area contributed by atoms with Gasteiger partial charge in [0.05, 0.1) is 16.4 Å². The summed E-state index contributed by atoms with van der Waals surface area (Å²) in [6.45, 7) is 8.03. The molecule has 21 heavy (non-hydrogen) atoms. The summed E-state index contributed by atoms with van der Waals surface area (Å²) in [6, 6.07) is 6.15. The molecule has 2 atom stereocenters. The van der Waals surface area contributed by atoms with Gasteiger partial charge in [-0.3, -0.25) is 4.79 Å². The molecule has 1 fully saturated rings. The van der Waals surface area contributed by atoms with Crippen molar-refractivity contribution in [3.63, 3.8) is 0 Å². The lowest BCUT2D eigenvalue weighted by atomic mass is 9.65. The van der Waals surface area contributed by atoms with Gasteiger partial charge in [-0.1, -0.05) is 19.9 Å². The first-order chi connectivity index (χ1) is 9.75. The van der Waals surface area contributed by atoms with Crippen molar-refractivity contribution in [2.75, 3.05) is 0 Å². The second-order valence-corrected chi connectivity index (χ2v) is 7.09. The molecule has 1 aromatic heterocycles. The Labute approximate surface area is 124 Å². The highest BCUT2D eigenvalue weighted by Gasteiger charge is 2.57. The molecule has 0 saturated heterocycles. The lowest BCUT2D eigenvalue weighted by Gasteiger charge is -2.37. The van der Waals surface area contributed by atoms with E-state index in [0.29, 0.717) is 6.42 Å². The van der Waals surface area contributed by atoms with E-state index in [4.69, 9.17) is 4.98 Å². The normalized spacial score (nSPS) is 28.1. The minimum atomic E-state index is -0.707. The highest BCUT2D eigenvalue weighted by atomic mass is 16.4. The molecule has 1 heterocycles. The molecule has 0 unspecified atom stereocenters. The zero-order chi connectivity index (χ0) is 15.4. The maximum Gasteiger partial charge on any atom is 0.309 e. The summed E-state index contributed by atoms with van der Waals surface area (Å²) >= 11 is 0. The van der Waals surface area contributed by atoms with Crippen molar-refractivity contribution >= 4 is 17.0 Å². The van der Waals surface area contributed by atoms with Gasteiger partial charge in [0.2, 0.25) is 0 Å². The fourth-order valence-electron chi connectivity index (χ4n) is 3.67. The molecule has 3 rings (SSSR count). The van der Waals surface area contributed by atoms with Crippen molar-refractivity contribution in [2.24, 2.45) is 10.8 Å². The molecule has 0 aliphatic heterocycles. The molecule has 0 spiro atoms. The molecule has 0 radical (unpaired) electrons. The van der Waals surface area contributed by atoms with Crippen LogP contribution in [0.2, 0.25) is 0 Å². The van der Waals surface area contributed by atoms with E-state index in [-0.39, 0.29) is 11.3 Å². The third-order valence-corrected chi connectivity index (χ3v) is 5.68. The number of benzene rings is 1. The molecule has 1 aliphatic rings. The molecule has 112 valence electrons. The largest absolute Gasteiger partial charge is 0.481 e. The predicted molar refractivity (Wildman–Crippen MR) is 82.3 cm³/mol. The van der Waals surface area contributed by atoms with Gasteiger partial charge in [0.25, 0.3) is 0 Å². The van der Waals surface area contributed by atoms with Crippen LogP contribution in [0.15, 0.2) is 18.2 Å². The molecule has 4 nitrogen and oxygen atoms in total. The van der Waals surface area contributed by atoms with Crippen LogP contribution < -0.4 is 0 Å². The van der Waals surface area contributed by atoms with Crippen LogP contribution in [-0.2, 0) is 4.79 Å². The number of H-pyrrole nitrogens is 1. The summed E-state index contributed by atoms with van der Waals surface area (Å²) in [4.78, 5) is 19.8. The Balaban J connectivity index is 2.05. The van der Waals surface area contributed by atoms with Crippen molar-refractivity contribution in [2.45, 2.75) is 46.5 Å². The van der Waals surface area contributed by atoms with Gasteiger partial charge in [0.1, 0.15) is 5.82 Å². The van der Waals surface area contributed by atoms with Crippen molar-refractivity contribution in [1.29, 1.82) is 0 Å². The van der Waals surface area contributed by atoms with Crippen molar-refractivity contribution in [3.05, 3.63) is 29.6 Å². The second kappa shape index (κ2) is 4.33. The van der Waals surface area contributed by atoms with E-state index in [1.807, 2.05) is 19.1 Å². The van der Waals surface area contributed by atoms with Gasteiger partial charge in [0.15, 0.2) is 0 Å². The molecule has 2 N–H and O–H groups in total. The summed E-state index contributed by atoms with van der Waals surface area (Å²) in [5.74, 6) is 0.360. The molecule has 2 aromatic rings. The summed E-state index contributed by atoms with van der Waals surface area (Å²) in [5, 5.41) is 9.62. The standard InChI is InChI=1S/C17H22N2O2/c1-10-5-6-12-13(9-10)19-14(18-12)11-7-8-17(4,15(20)21)16(11,2)3/h5-6,9,11H,7-8H2,1-4H3,(H,18,19)(H,20,21)/t11-,17+/m1/s1. The Hall–Kier alpha value is -1.84. The van der Waals surface area contributed by atoms with Gasteiger partial charge in [-0.15, -0.1) is 0 Å². The topological polar surface area (TPSA) is 66.0 Å². The highest BCUT2D eigenvalue weighted by molar-refractivity contribution is 5.77. The molecular weight excluding hydrogens is 264 g/mol. The lowest BCUT2D eigenvalue weighted by Crippen LogP contribution is -2.40. The number of rotatable bonds is 2. The third kappa shape index (κ3) is 1.88. The molecule has 1 aliphatic carbocycles. The Bertz CT molecular complexity index is 717. The van der Waals surface area contributed by atoms with Crippen molar-refractivity contribution in [1.82, 2.24) is 9.97 Å². The summed E-state index contributed by atoms with van der Waals surface area (Å²) in [6.07, 6.45) is 1.55. The van der Waals surface area contributed by atoms with Crippen molar-refractivity contribution in [3.8, 4) is 0 Å². The molecule has 1 saturated carbocycles. The fraction of sp³-hybridized carbons (Fsp3) is 0.529. The number of aryl methyl sites for hydroxylation is 1. The van der Waals surface area contributed by atoms with E-state index in [1.54, 1.807) is 0 Å². The predicted octanol–water partition coefficient (Wildman–Crippen LogP) is 3.87. The first-order valence-electron chi connectivity index (χ1n) is 7.45. The first-order valence-corrected chi connectivity index (χ1v) is 7.45. The van der Waals surface area contributed by atoms with Gasteiger partial charge < -0.3 is 10.1 Å². The van der Waals surface area contributed by atoms with Gasteiger partial charge in [-0.05, 0) is 49.8 Å². The minimum Gasteiger partial charge on any atom is -0.481 e. The smallest absolute Gasteiger partial charge is 0.309 e. The molecule has 0 bridgehead atoms. The number of hydrogen-bond donors (Lipinski definition) is 2. The Morgan fingerprint density at radius 3 is 2.71 bits per heavy atom. The second-order valence-electron chi connectivity index (χ2n) is 7.09. The summed E-state index contributed by atoms with van der Waals surface area (Å²) in [7, 11) is 0. The van der Waals surface area contributed by atoms with Crippen LogP contribution in [0.3, 0.4) is 0 Å². The summed E-state index contributed by atoms with van der Waals surface area (Å²) < 4.78 is 0. The quantitative estimate of drug-likeness (QED) is 0.880. The summed E-state index contributed by atoms with van der Waals surface area (Å²) in [5.41, 5.74) is 2.15. The first kappa shape index (κ1) is 14.1. The number of carboxylic acids is 1. The fourth-order valence-corrected chi connectivity index (χ4v) is 3.67. The van der Waals surface area contributed by atoms with E-state index in [9.17, 15) is 9.90 Å². The Kier molecular flexibility index (Phi) is 2.91. The van der Waals surface area contributed by atoms with Crippen molar-refractivity contribution < 1.29 is 9.90 Å². The number of imidazole rings is 1. The van der Waals surface area contributed by atoms with Gasteiger partial charge in [-0.25, -0.2) is 4.98 Å². The maximum atomic E-state index is 11.7. The lowest BCUT2D eigenvalue weighted by molar-refractivity contribution is -0.153. The SMILES string of the molecule is Cc1ccc2nc([C@H]3CC[C@@](C)(C(=O)O)C3(C)C)[nH]c2c1. The molecule has 0 amide bonds. The monoisotopic (exact) mass is 286 g/mol. The van der Waals surface area contributed by atoms with Crippen LogP contribution in [0.5, 0.6) is 0 Å². The Morgan fingerprint density at radius 1 is 1.38 bits per heavy atom. The number of aromatic amines is 1. The van der Waals surface area contributed by atoms with E-state index in [0.717, 1.165) is 23.3 Å². The number of nitrogens with one attached hydrogen (secondary N) is 1. The number of carbonyl (C=O) groups is 1. The number of aromatic nitrogens is 2. The zero-order valence-electron chi connectivity index (χ0n) is 13.0. The third-order valence-electron chi connectivity index (χ3n) is 5.68. The average Bonchev–Trinajstić information content (AvgIpc) is 2.89. The van der Waals surface area contributed by atoms with Gasteiger partial charge >= 0.3 is 5.97 Å². The van der Waals surface area contributed by atoms with E-state index in [2.05, 4.69) is 31.8 Å². The van der Waals surface area contributed by atoms with Crippen LogP contribution in [0.1, 0.15) is 50.9 Å².